The maximum absolute atomic E-state index is 13.5. The van der Waals surface area contributed by atoms with E-state index in [9.17, 15) is 4.79 Å². The van der Waals surface area contributed by atoms with Crippen molar-refractivity contribution in [2.24, 2.45) is 0 Å². The number of carbonyl (C=O) groups is 1. The number of aromatic nitrogens is 2. The maximum atomic E-state index is 13.5. The lowest BCUT2D eigenvalue weighted by Gasteiger charge is -2.40. The minimum atomic E-state index is -0.318. The molecule has 6 heteroatoms. The molecule has 6 nitrogen and oxygen atoms in total. The molecule has 0 saturated carbocycles. The number of hydrogen-bond donors (Lipinski definition) is 0. The van der Waals surface area contributed by atoms with Crippen molar-refractivity contribution < 1.29 is 9.32 Å². The molecule has 1 atom stereocenters. The van der Waals surface area contributed by atoms with Gasteiger partial charge in [-0.1, -0.05) is 73.6 Å². The number of aryl methyl sites for hydroxylation is 1. The van der Waals surface area contributed by atoms with E-state index in [2.05, 4.69) is 65.3 Å². The molecule has 31 heavy (non-hydrogen) atoms. The van der Waals surface area contributed by atoms with Crippen molar-refractivity contribution >= 4 is 5.91 Å². The second-order valence-electron chi connectivity index (χ2n) is 8.57. The molecular formula is C25H30N4O2. The molecular weight excluding hydrogens is 388 g/mol. The van der Waals surface area contributed by atoms with Crippen molar-refractivity contribution in [1.29, 1.82) is 0 Å². The molecule has 162 valence electrons. The Morgan fingerprint density at radius 2 is 1.71 bits per heavy atom. The molecule has 0 N–H and O–H groups in total. The number of piperazine rings is 1. The van der Waals surface area contributed by atoms with Gasteiger partial charge in [0, 0.05) is 26.2 Å². The lowest BCUT2D eigenvalue weighted by Crippen LogP contribution is -2.57. The zero-order valence-electron chi connectivity index (χ0n) is 18.5. The summed E-state index contributed by atoms with van der Waals surface area (Å²) in [5.74, 6) is 1.73. The molecule has 1 aliphatic rings. The Labute approximate surface area is 183 Å². The Balaban J connectivity index is 1.52. The van der Waals surface area contributed by atoms with E-state index in [4.69, 9.17) is 4.52 Å². The van der Waals surface area contributed by atoms with Gasteiger partial charge in [-0.15, -0.1) is 0 Å². The Morgan fingerprint density at radius 1 is 1.00 bits per heavy atom. The summed E-state index contributed by atoms with van der Waals surface area (Å²) in [6.45, 7) is 9.05. The fraction of sp³-hybridized carbons (Fsp3) is 0.400. The first kappa shape index (κ1) is 21.2. The van der Waals surface area contributed by atoms with E-state index in [0.29, 0.717) is 37.1 Å². The van der Waals surface area contributed by atoms with Crippen LogP contribution in [0.3, 0.4) is 0 Å². The standard InChI is InChI=1S/C25H30N4O2/c1-18(2)22-11-9-21(10-12-22)16-28-13-14-29(17-20-7-5-4-6-8-20)25(30)23(28)15-24-26-19(3)27-31-24/h4-12,18,23H,13-17H2,1-3H3. The van der Waals surface area contributed by atoms with E-state index < -0.39 is 0 Å². The molecule has 4 rings (SSSR count). The van der Waals surface area contributed by atoms with E-state index in [0.717, 1.165) is 18.7 Å². The minimum absolute atomic E-state index is 0.116. The molecule has 1 saturated heterocycles. The van der Waals surface area contributed by atoms with Gasteiger partial charge in [0.05, 0.1) is 12.5 Å². The summed E-state index contributed by atoms with van der Waals surface area (Å²) in [6, 6.07) is 18.5. The molecule has 1 aliphatic heterocycles. The normalized spacial score (nSPS) is 17.5. The van der Waals surface area contributed by atoms with Gasteiger partial charge in [0.2, 0.25) is 11.8 Å². The Hall–Kier alpha value is -2.99. The molecule has 0 bridgehead atoms. The SMILES string of the molecule is Cc1noc(CC2C(=O)N(Cc3ccccc3)CCN2Cc2ccc(C(C)C)cc2)n1. The van der Waals surface area contributed by atoms with E-state index in [1.165, 1.54) is 11.1 Å². The van der Waals surface area contributed by atoms with Crippen LogP contribution in [0.2, 0.25) is 0 Å². The van der Waals surface area contributed by atoms with Crippen LogP contribution >= 0.6 is 0 Å². The third-order valence-corrected chi connectivity index (χ3v) is 5.88. The first-order valence-corrected chi connectivity index (χ1v) is 10.9. The number of amides is 1. The fourth-order valence-electron chi connectivity index (χ4n) is 4.08. The quantitative estimate of drug-likeness (QED) is 0.581. The van der Waals surface area contributed by atoms with Gasteiger partial charge < -0.3 is 9.42 Å². The van der Waals surface area contributed by atoms with Crippen molar-refractivity contribution in [3.8, 4) is 0 Å². The van der Waals surface area contributed by atoms with Crippen LogP contribution in [-0.4, -0.2) is 45.0 Å². The lowest BCUT2D eigenvalue weighted by molar-refractivity contribution is -0.143. The summed E-state index contributed by atoms with van der Waals surface area (Å²) >= 11 is 0. The van der Waals surface area contributed by atoms with E-state index in [1.54, 1.807) is 6.92 Å². The van der Waals surface area contributed by atoms with Crippen LogP contribution in [-0.2, 0) is 24.3 Å². The van der Waals surface area contributed by atoms with Crippen LogP contribution in [0.1, 0.15) is 48.2 Å². The van der Waals surface area contributed by atoms with Gasteiger partial charge in [0.15, 0.2) is 5.82 Å². The fourth-order valence-corrected chi connectivity index (χ4v) is 4.08. The predicted molar refractivity (Wildman–Crippen MR) is 119 cm³/mol. The third kappa shape index (κ3) is 5.20. The average Bonchev–Trinajstić information content (AvgIpc) is 3.18. The molecule has 2 heterocycles. The molecule has 0 radical (unpaired) electrons. The van der Waals surface area contributed by atoms with Crippen molar-refractivity contribution in [2.45, 2.75) is 52.2 Å². The predicted octanol–water partition coefficient (Wildman–Crippen LogP) is 3.96. The Bertz CT molecular complexity index is 998. The first-order valence-electron chi connectivity index (χ1n) is 10.9. The molecule has 0 spiro atoms. The summed E-state index contributed by atoms with van der Waals surface area (Å²) in [5, 5.41) is 3.90. The molecule has 1 unspecified atom stereocenters. The largest absolute Gasteiger partial charge is 0.339 e. The topological polar surface area (TPSA) is 62.5 Å². The maximum Gasteiger partial charge on any atom is 0.240 e. The van der Waals surface area contributed by atoms with E-state index >= 15 is 0 Å². The highest BCUT2D eigenvalue weighted by molar-refractivity contribution is 5.83. The summed E-state index contributed by atoms with van der Waals surface area (Å²) < 4.78 is 5.35. The highest BCUT2D eigenvalue weighted by Crippen LogP contribution is 2.22. The zero-order valence-corrected chi connectivity index (χ0v) is 18.5. The highest BCUT2D eigenvalue weighted by Gasteiger charge is 2.36. The first-order chi connectivity index (χ1) is 15.0. The van der Waals surface area contributed by atoms with Gasteiger partial charge >= 0.3 is 0 Å². The molecule has 1 amide bonds. The van der Waals surface area contributed by atoms with Gasteiger partial charge in [0.1, 0.15) is 0 Å². The third-order valence-electron chi connectivity index (χ3n) is 5.88. The van der Waals surface area contributed by atoms with Crippen LogP contribution < -0.4 is 0 Å². The van der Waals surface area contributed by atoms with Gasteiger partial charge in [-0.05, 0) is 29.5 Å². The summed E-state index contributed by atoms with van der Waals surface area (Å²) in [6.07, 6.45) is 0.426. The van der Waals surface area contributed by atoms with Gasteiger partial charge in [-0.25, -0.2) is 0 Å². The van der Waals surface area contributed by atoms with Crippen LogP contribution in [0.5, 0.6) is 0 Å². The number of carbonyl (C=O) groups excluding carboxylic acids is 1. The summed E-state index contributed by atoms with van der Waals surface area (Å²) in [5.41, 5.74) is 3.67. The summed E-state index contributed by atoms with van der Waals surface area (Å²) in [4.78, 5) is 22.0. The number of nitrogens with zero attached hydrogens (tertiary/aromatic N) is 4. The van der Waals surface area contributed by atoms with E-state index in [-0.39, 0.29) is 11.9 Å². The molecule has 2 aromatic carbocycles. The molecule has 1 fully saturated rings. The van der Waals surface area contributed by atoms with Crippen LogP contribution in [0.25, 0.3) is 0 Å². The van der Waals surface area contributed by atoms with Crippen LogP contribution in [0, 0.1) is 6.92 Å². The van der Waals surface area contributed by atoms with Gasteiger partial charge in [0.25, 0.3) is 0 Å². The van der Waals surface area contributed by atoms with E-state index in [1.807, 2.05) is 23.1 Å². The van der Waals surface area contributed by atoms with Crippen molar-refractivity contribution in [3.05, 3.63) is 83.0 Å². The highest BCUT2D eigenvalue weighted by atomic mass is 16.5. The molecule has 3 aromatic rings. The molecule has 0 aliphatic carbocycles. The minimum Gasteiger partial charge on any atom is -0.339 e. The monoisotopic (exact) mass is 418 g/mol. The zero-order chi connectivity index (χ0) is 21.8. The van der Waals surface area contributed by atoms with Crippen molar-refractivity contribution in [3.63, 3.8) is 0 Å². The number of benzene rings is 2. The van der Waals surface area contributed by atoms with Crippen molar-refractivity contribution in [2.75, 3.05) is 13.1 Å². The van der Waals surface area contributed by atoms with Crippen LogP contribution in [0.4, 0.5) is 0 Å². The van der Waals surface area contributed by atoms with Crippen LogP contribution in [0.15, 0.2) is 59.1 Å². The number of rotatable bonds is 7. The number of hydrogen-bond acceptors (Lipinski definition) is 5. The van der Waals surface area contributed by atoms with Gasteiger partial charge in [-0.3, -0.25) is 9.69 Å². The second kappa shape index (κ2) is 9.43. The Morgan fingerprint density at radius 3 is 2.35 bits per heavy atom. The summed E-state index contributed by atoms with van der Waals surface area (Å²) in [7, 11) is 0. The van der Waals surface area contributed by atoms with Gasteiger partial charge in [-0.2, -0.15) is 4.98 Å². The second-order valence-corrected chi connectivity index (χ2v) is 8.57. The average molecular weight is 419 g/mol. The molecule has 1 aromatic heterocycles. The lowest BCUT2D eigenvalue weighted by atomic mass is 10.0. The smallest absolute Gasteiger partial charge is 0.240 e. The Kier molecular flexibility index (Phi) is 6.47. The van der Waals surface area contributed by atoms with Crippen molar-refractivity contribution in [1.82, 2.24) is 19.9 Å².